The SMILES string of the molecule is CC1CCC(OCC(C)CCl)CC1. The standard InChI is InChI=1S/C11H21ClO/c1-9-3-5-11(6-4-9)13-8-10(2)7-12/h9-11H,3-8H2,1-2H3. The van der Waals surface area contributed by atoms with E-state index in [0.717, 1.165) is 12.5 Å². The van der Waals surface area contributed by atoms with Crippen molar-refractivity contribution in [3.05, 3.63) is 0 Å². The van der Waals surface area contributed by atoms with Gasteiger partial charge in [-0.3, -0.25) is 0 Å². The van der Waals surface area contributed by atoms with E-state index in [-0.39, 0.29) is 0 Å². The summed E-state index contributed by atoms with van der Waals surface area (Å²) in [6.45, 7) is 5.30. The van der Waals surface area contributed by atoms with Crippen molar-refractivity contribution in [2.24, 2.45) is 11.8 Å². The quantitative estimate of drug-likeness (QED) is 0.638. The normalized spacial score (nSPS) is 31.6. The molecule has 2 heteroatoms. The van der Waals surface area contributed by atoms with E-state index in [1.165, 1.54) is 25.7 Å². The first-order valence-corrected chi connectivity index (χ1v) is 5.93. The number of ether oxygens (including phenoxy) is 1. The van der Waals surface area contributed by atoms with Gasteiger partial charge in [0.2, 0.25) is 0 Å². The third-order valence-corrected chi connectivity index (χ3v) is 3.37. The van der Waals surface area contributed by atoms with E-state index in [2.05, 4.69) is 13.8 Å². The first-order valence-electron chi connectivity index (χ1n) is 5.40. The maximum atomic E-state index is 5.80. The molecule has 1 saturated carbocycles. The van der Waals surface area contributed by atoms with Crippen LogP contribution in [0.15, 0.2) is 0 Å². The molecule has 13 heavy (non-hydrogen) atoms. The van der Waals surface area contributed by atoms with Gasteiger partial charge in [-0.1, -0.05) is 13.8 Å². The number of alkyl halides is 1. The number of halogens is 1. The zero-order chi connectivity index (χ0) is 9.68. The molecule has 1 fully saturated rings. The monoisotopic (exact) mass is 204 g/mol. The molecular weight excluding hydrogens is 184 g/mol. The van der Waals surface area contributed by atoms with Crippen LogP contribution >= 0.6 is 11.6 Å². The van der Waals surface area contributed by atoms with E-state index in [4.69, 9.17) is 16.3 Å². The molecule has 0 saturated heterocycles. The smallest absolute Gasteiger partial charge is 0.0575 e. The Kier molecular flexibility index (Phi) is 5.12. The Labute approximate surface area is 86.8 Å². The summed E-state index contributed by atoms with van der Waals surface area (Å²) in [6, 6.07) is 0. The van der Waals surface area contributed by atoms with Crippen LogP contribution in [0, 0.1) is 11.8 Å². The van der Waals surface area contributed by atoms with Crippen molar-refractivity contribution in [3.63, 3.8) is 0 Å². The molecule has 0 radical (unpaired) electrons. The van der Waals surface area contributed by atoms with Crippen LogP contribution < -0.4 is 0 Å². The van der Waals surface area contributed by atoms with E-state index >= 15 is 0 Å². The summed E-state index contributed by atoms with van der Waals surface area (Å²) in [4.78, 5) is 0. The summed E-state index contributed by atoms with van der Waals surface area (Å²) >= 11 is 5.71. The first kappa shape index (κ1) is 11.3. The Bertz CT molecular complexity index is 130. The molecule has 0 bridgehead atoms. The van der Waals surface area contributed by atoms with Crippen molar-refractivity contribution in [2.75, 3.05) is 12.5 Å². The molecule has 0 heterocycles. The highest BCUT2D eigenvalue weighted by Gasteiger charge is 2.18. The number of hydrogen-bond donors (Lipinski definition) is 0. The van der Waals surface area contributed by atoms with Gasteiger partial charge in [0.15, 0.2) is 0 Å². The molecule has 78 valence electrons. The Morgan fingerprint density at radius 3 is 2.46 bits per heavy atom. The van der Waals surface area contributed by atoms with Crippen molar-refractivity contribution < 1.29 is 4.74 Å². The molecule has 0 aromatic carbocycles. The van der Waals surface area contributed by atoms with Crippen molar-refractivity contribution in [1.82, 2.24) is 0 Å². The summed E-state index contributed by atoms with van der Waals surface area (Å²) in [5.74, 6) is 2.12. The fraction of sp³-hybridized carbons (Fsp3) is 1.00. The lowest BCUT2D eigenvalue weighted by Gasteiger charge is -2.27. The van der Waals surface area contributed by atoms with Gasteiger partial charge in [-0.2, -0.15) is 0 Å². The Morgan fingerprint density at radius 2 is 1.92 bits per heavy atom. The molecule has 0 aromatic heterocycles. The van der Waals surface area contributed by atoms with Crippen molar-refractivity contribution in [3.8, 4) is 0 Å². The van der Waals surface area contributed by atoms with Crippen LogP contribution in [-0.2, 0) is 4.74 Å². The highest BCUT2D eigenvalue weighted by atomic mass is 35.5. The largest absolute Gasteiger partial charge is 0.378 e. The lowest BCUT2D eigenvalue weighted by molar-refractivity contribution is 0.00662. The summed E-state index contributed by atoms with van der Waals surface area (Å²) in [5, 5.41) is 0. The molecule has 1 atom stereocenters. The Balaban J connectivity index is 2.08. The summed E-state index contributed by atoms with van der Waals surface area (Å²) in [7, 11) is 0. The summed E-state index contributed by atoms with van der Waals surface area (Å²) in [6.07, 6.45) is 5.67. The van der Waals surface area contributed by atoms with Gasteiger partial charge in [-0.05, 0) is 37.5 Å². The zero-order valence-corrected chi connectivity index (χ0v) is 9.52. The van der Waals surface area contributed by atoms with Gasteiger partial charge in [-0.25, -0.2) is 0 Å². The van der Waals surface area contributed by atoms with Gasteiger partial charge < -0.3 is 4.74 Å². The molecule has 0 amide bonds. The molecule has 0 spiro atoms. The molecule has 0 N–H and O–H groups in total. The van der Waals surface area contributed by atoms with Crippen LogP contribution in [0.25, 0.3) is 0 Å². The van der Waals surface area contributed by atoms with Crippen LogP contribution in [0.5, 0.6) is 0 Å². The lowest BCUT2D eigenvalue weighted by atomic mass is 9.89. The lowest BCUT2D eigenvalue weighted by Crippen LogP contribution is -2.23. The summed E-state index contributed by atoms with van der Waals surface area (Å²) < 4.78 is 5.80. The minimum atomic E-state index is 0.501. The third kappa shape index (κ3) is 4.33. The average Bonchev–Trinajstić information content (AvgIpc) is 2.16. The Morgan fingerprint density at radius 1 is 1.31 bits per heavy atom. The molecule has 1 nitrogen and oxygen atoms in total. The van der Waals surface area contributed by atoms with Crippen LogP contribution in [0.3, 0.4) is 0 Å². The second-order valence-corrected chi connectivity index (χ2v) is 4.78. The van der Waals surface area contributed by atoms with E-state index in [9.17, 15) is 0 Å². The predicted octanol–water partition coefficient (Wildman–Crippen LogP) is 3.46. The highest BCUT2D eigenvalue weighted by molar-refractivity contribution is 6.18. The molecule has 0 aromatic rings. The topological polar surface area (TPSA) is 9.23 Å². The van der Waals surface area contributed by atoms with Crippen LogP contribution in [-0.4, -0.2) is 18.6 Å². The fourth-order valence-corrected chi connectivity index (χ4v) is 1.83. The molecule has 1 rings (SSSR count). The molecular formula is C11H21ClO. The van der Waals surface area contributed by atoms with Crippen molar-refractivity contribution >= 4 is 11.6 Å². The van der Waals surface area contributed by atoms with E-state index in [1.807, 2.05) is 0 Å². The first-order chi connectivity index (χ1) is 6.22. The maximum Gasteiger partial charge on any atom is 0.0575 e. The second-order valence-electron chi connectivity index (χ2n) is 4.47. The van der Waals surface area contributed by atoms with Gasteiger partial charge in [0.1, 0.15) is 0 Å². The highest BCUT2D eigenvalue weighted by Crippen LogP contribution is 2.25. The molecule has 0 aliphatic heterocycles. The summed E-state index contributed by atoms with van der Waals surface area (Å²) in [5.41, 5.74) is 0. The predicted molar refractivity (Wildman–Crippen MR) is 57.3 cm³/mol. The van der Waals surface area contributed by atoms with Gasteiger partial charge in [0, 0.05) is 5.88 Å². The van der Waals surface area contributed by atoms with Gasteiger partial charge in [-0.15, -0.1) is 11.6 Å². The van der Waals surface area contributed by atoms with Crippen LogP contribution in [0.1, 0.15) is 39.5 Å². The van der Waals surface area contributed by atoms with Crippen LogP contribution in [0.2, 0.25) is 0 Å². The minimum absolute atomic E-state index is 0.501. The molecule has 1 aliphatic rings. The zero-order valence-electron chi connectivity index (χ0n) is 8.76. The number of rotatable bonds is 4. The maximum absolute atomic E-state index is 5.80. The second kappa shape index (κ2) is 5.87. The van der Waals surface area contributed by atoms with Crippen molar-refractivity contribution in [2.45, 2.75) is 45.6 Å². The Hall–Kier alpha value is 0.250. The molecule has 1 unspecified atom stereocenters. The van der Waals surface area contributed by atoms with E-state index < -0.39 is 0 Å². The molecule has 1 aliphatic carbocycles. The van der Waals surface area contributed by atoms with E-state index in [1.54, 1.807) is 0 Å². The minimum Gasteiger partial charge on any atom is -0.378 e. The number of hydrogen-bond acceptors (Lipinski definition) is 1. The van der Waals surface area contributed by atoms with Gasteiger partial charge in [0.25, 0.3) is 0 Å². The van der Waals surface area contributed by atoms with Crippen LogP contribution in [0.4, 0.5) is 0 Å². The van der Waals surface area contributed by atoms with Gasteiger partial charge in [0.05, 0.1) is 12.7 Å². The average molecular weight is 205 g/mol. The fourth-order valence-electron chi connectivity index (χ4n) is 1.74. The van der Waals surface area contributed by atoms with E-state index in [0.29, 0.717) is 17.9 Å². The van der Waals surface area contributed by atoms with Gasteiger partial charge >= 0.3 is 0 Å². The third-order valence-electron chi connectivity index (χ3n) is 2.84. The van der Waals surface area contributed by atoms with Crippen molar-refractivity contribution in [1.29, 1.82) is 0 Å².